The van der Waals surface area contributed by atoms with Gasteiger partial charge < -0.3 is 10.6 Å². The van der Waals surface area contributed by atoms with Crippen molar-refractivity contribution in [2.45, 2.75) is 19.8 Å². The molecular formula is C8H17N3O. The maximum Gasteiger partial charge on any atom is 0.320 e. The Bertz CT molecular complexity index is 156. The number of urea groups is 1. The van der Waals surface area contributed by atoms with Crippen LogP contribution in [0.4, 0.5) is 4.79 Å². The molecule has 0 saturated heterocycles. The number of hydrogen-bond donors (Lipinski definition) is 3. The number of unbranched alkanes of at least 4 members (excludes halogenated alkanes) is 1. The summed E-state index contributed by atoms with van der Waals surface area (Å²) >= 11 is 0. The normalized spacial score (nSPS) is 8.83. The Hall–Kier alpha value is -1.19. The Morgan fingerprint density at radius 2 is 2.17 bits per heavy atom. The average Bonchev–Trinajstić information content (AvgIpc) is 2.05. The van der Waals surface area contributed by atoms with Crippen LogP contribution in [0.3, 0.4) is 0 Å². The Balaban J connectivity index is 3.40. The second-order valence-corrected chi connectivity index (χ2v) is 2.46. The topological polar surface area (TPSA) is 53.2 Å². The third-order valence-corrected chi connectivity index (χ3v) is 1.38. The molecular weight excluding hydrogens is 154 g/mol. The maximum absolute atomic E-state index is 11.0. The minimum atomic E-state index is -0.206. The Kier molecular flexibility index (Phi) is 5.87. The highest BCUT2D eigenvalue weighted by molar-refractivity contribution is 5.75. The van der Waals surface area contributed by atoms with Crippen LogP contribution < -0.4 is 16.0 Å². The summed E-state index contributed by atoms with van der Waals surface area (Å²) in [4.78, 5) is 11.0. The third kappa shape index (κ3) is 5.58. The van der Waals surface area contributed by atoms with Gasteiger partial charge in [-0.3, -0.25) is 5.32 Å². The predicted octanol–water partition coefficient (Wildman–Crippen LogP) is 0.776. The molecule has 0 rings (SSSR count). The second-order valence-electron chi connectivity index (χ2n) is 2.46. The lowest BCUT2D eigenvalue weighted by Crippen LogP contribution is -2.38. The molecule has 0 aliphatic rings. The zero-order valence-electron chi connectivity index (χ0n) is 7.74. The quantitative estimate of drug-likeness (QED) is 0.535. The smallest absolute Gasteiger partial charge is 0.320 e. The van der Waals surface area contributed by atoms with Crippen molar-refractivity contribution < 1.29 is 4.79 Å². The summed E-state index contributed by atoms with van der Waals surface area (Å²) in [5.41, 5.74) is 0. The van der Waals surface area contributed by atoms with E-state index in [0.29, 0.717) is 12.4 Å². The van der Waals surface area contributed by atoms with Crippen molar-refractivity contribution in [3.05, 3.63) is 12.4 Å². The van der Waals surface area contributed by atoms with Gasteiger partial charge in [0.15, 0.2) is 0 Å². The summed E-state index contributed by atoms with van der Waals surface area (Å²) in [7, 11) is 1.70. The van der Waals surface area contributed by atoms with E-state index in [2.05, 4.69) is 29.5 Å². The minimum absolute atomic E-state index is 0.206. The van der Waals surface area contributed by atoms with Gasteiger partial charge in [0.1, 0.15) is 0 Å². The molecule has 12 heavy (non-hydrogen) atoms. The molecule has 0 radical (unpaired) electrons. The fraction of sp³-hybridized carbons (Fsp3) is 0.625. The lowest BCUT2D eigenvalue weighted by atomic mass is 10.3. The molecule has 0 aliphatic heterocycles. The molecule has 0 spiro atoms. The molecule has 0 bridgehead atoms. The van der Waals surface area contributed by atoms with Crippen molar-refractivity contribution >= 4 is 6.03 Å². The second kappa shape index (κ2) is 6.52. The zero-order chi connectivity index (χ0) is 9.40. The van der Waals surface area contributed by atoms with Gasteiger partial charge in [0.2, 0.25) is 0 Å². The van der Waals surface area contributed by atoms with Crippen LogP contribution in [0.5, 0.6) is 0 Å². The molecule has 4 heteroatoms. The van der Waals surface area contributed by atoms with E-state index in [1.165, 1.54) is 0 Å². The summed E-state index contributed by atoms with van der Waals surface area (Å²) in [6.07, 6.45) is 2.08. The molecule has 0 aromatic heterocycles. The lowest BCUT2D eigenvalue weighted by Gasteiger charge is -2.08. The monoisotopic (exact) mass is 171 g/mol. The van der Waals surface area contributed by atoms with Crippen LogP contribution in [-0.4, -0.2) is 19.6 Å². The van der Waals surface area contributed by atoms with E-state index in [1.54, 1.807) is 7.05 Å². The fourth-order valence-electron chi connectivity index (χ4n) is 0.622. The van der Waals surface area contributed by atoms with Crippen molar-refractivity contribution in [1.82, 2.24) is 16.0 Å². The summed E-state index contributed by atoms with van der Waals surface area (Å²) in [5.74, 6) is 0.504. The largest absolute Gasteiger partial charge is 0.375 e. The summed E-state index contributed by atoms with van der Waals surface area (Å²) < 4.78 is 0. The van der Waals surface area contributed by atoms with E-state index in [1.807, 2.05) is 0 Å². The first kappa shape index (κ1) is 10.8. The van der Waals surface area contributed by atoms with E-state index in [0.717, 1.165) is 12.8 Å². The van der Waals surface area contributed by atoms with Gasteiger partial charge in [-0.2, -0.15) is 0 Å². The molecule has 4 nitrogen and oxygen atoms in total. The Morgan fingerprint density at radius 3 is 2.67 bits per heavy atom. The highest BCUT2D eigenvalue weighted by Crippen LogP contribution is 1.82. The fourth-order valence-corrected chi connectivity index (χ4v) is 0.622. The number of hydrogen-bond acceptors (Lipinski definition) is 2. The van der Waals surface area contributed by atoms with E-state index < -0.39 is 0 Å². The zero-order valence-corrected chi connectivity index (χ0v) is 7.74. The van der Waals surface area contributed by atoms with Crippen LogP contribution in [0.25, 0.3) is 0 Å². The van der Waals surface area contributed by atoms with Crippen LogP contribution >= 0.6 is 0 Å². The van der Waals surface area contributed by atoms with Gasteiger partial charge in [-0.1, -0.05) is 19.9 Å². The maximum atomic E-state index is 11.0. The molecule has 0 unspecified atom stereocenters. The molecule has 0 aliphatic carbocycles. The van der Waals surface area contributed by atoms with Gasteiger partial charge in [0.25, 0.3) is 0 Å². The SMILES string of the molecule is C=C(NC)NC(=O)NCCCC. The minimum Gasteiger partial charge on any atom is -0.375 e. The Labute approximate surface area is 73.4 Å². The van der Waals surface area contributed by atoms with Gasteiger partial charge in [0.05, 0.1) is 5.82 Å². The predicted molar refractivity (Wildman–Crippen MR) is 49.6 cm³/mol. The highest BCUT2D eigenvalue weighted by Gasteiger charge is 1.98. The first-order chi connectivity index (χ1) is 5.70. The molecule has 70 valence electrons. The van der Waals surface area contributed by atoms with E-state index >= 15 is 0 Å². The van der Waals surface area contributed by atoms with Crippen molar-refractivity contribution in [3.63, 3.8) is 0 Å². The van der Waals surface area contributed by atoms with Crippen molar-refractivity contribution in [1.29, 1.82) is 0 Å². The molecule has 3 N–H and O–H groups in total. The number of carbonyl (C=O) groups excluding carboxylic acids is 1. The molecule has 0 saturated carbocycles. The van der Waals surface area contributed by atoms with Crippen molar-refractivity contribution in [2.24, 2.45) is 0 Å². The summed E-state index contributed by atoms with van der Waals surface area (Å²) in [5, 5.41) is 7.95. The first-order valence-corrected chi connectivity index (χ1v) is 4.12. The van der Waals surface area contributed by atoms with Crippen molar-refractivity contribution in [2.75, 3.05) is 13.6 Å². The molecule has 0 aromatic carbocycles. The van der Waals surface area contributed by atoms with Gasteiger partial charge >= 0.3 is 6.03 Å². The van der Waals surface area contributed by atoms with Gasteiger partial charge in [-0.25, -0.2) is 4.79 Å². The molecule has 0 atom stereocenters. The van der Waals surface area contributed by atoms with Crippen LogP contribution in [-0.2, 0) is 0 Å². The summed E-state index contributed by atoms with van der Waals surface area (Å²) in [6.45, 7) is 6.34. The van der Waals surface area contributed by atoms with Crippen LogP contribution in [0.2, 0.25) is 0 Å². The summed E-state index contributed by atoms with van der Waals surface area (Å²) in [6, 6.07) is -0.206. The number of carbonyl (C=O) groups is 1. The van der Waals surface area contributed by atoms with Crippen LogP contribution in [0, 0.1) is 0 Å². The first-order valence-electron chi connectivity index (χ1n) is 4.12. The average molecular weight is 171 g/mol. The van der Waals surface area contributed by atoms with Crippen LogP contribution in [0.15, 0.2) is 12.4 Å². The van der Waals surface area contributed by atoms with E-state index in [-0.39, 0.29) is 6.03 Å². The van der Waals surface area contributed by atoms with Crippen LogP contribution in [0.1, 0.15) is 19.8 Å². The molecule has 0 fully saturated rings. The molecule has 2 amide bonds. The van der Waals surface area contributed by atoms with Gasteiger partial charge in [-0.15, -0.1) is 0 Å². The van der Waals surface area contributed by atoms with Gasteiger partial charge in [0, 0.05) is 13.6 Å². The third-order valence-electron chi connectivity index (χ3n) is 1.38. The molecule has 0 heterocycles. The Morgan fingerprint density at radius 1 is 1.50 bits per heavy atom. The highest BCUT2D eigenvalue weighted by atomic mass is 16.2. The molecule has 0 aromatic rings. The number of amides is 2. The van der Waals surface area contributed by atoms with E-state index in [9.17, 15) is 4.79 Å². The lowest BCUT2D eigenvalue weighted by molar-refractivity contribution is 0.242. The van der Waals surface area contributed by atoms with Crippen molar-refractivity contribution in [3.8, 4) is 0 Å². The van der Waals surface area contributed by atoms with Gasteiger partial charge in [-0.05, 0) is 6.42 Å². The number of nitrogens with one attached hydrogen (secondary N) is 3. The number of rotatable bonds is 5. The standard InChI is InChI=1S/C8H17N3O/c1-4-5-6-10-8(12)11-7(2)9-3/h9H,2,4-6H2,1,3H3,(H2,10,11,12). The van der Waals surface area contributed by atoms with E-state index in [4.69, 9.17) is 0 Å².